The van der Waals surface area contributed by atoms with Crippen molar-refractivity contribution in [3.8, 4) is 5.75 Å². The fourth-order valence-corrected chi connectivity index (χ4v) is 3.96. The zero-order chi connectivity index (χ0) is 20.5. The maximum atomic E-state index is 13.0. The fourth-order valence-electron chi connectivity index (χ4n) is 2.37. The Labute approximate surface area is 177 Å². The number of aromatic nitrogens is 2. The molecule has 3 aromatic rings. The van der Waals surface area contributed by atoms with E-state index in [2.05, 4.69) is 27.7 Å². The molecular weight excluding hydrogens is 409 g/mol. The lowest BCUT2D eigenvalue weighted by Gasteiger charge is -2.16. The van der Waals surface area contributed by atoms with Gasteiger partial charge in [0.2, 0.25) is 5.13 Å². The summed E-state index contributed by atoms with van der Waals surface area (Å²) >= 11 is 2.86. The fraction of sp³-hybridized carbons (Fsp3) is 0.190. The van der Waals surface area contributed by atoms with E-state index < -0.39 is 6.10 Å². The van der Waals surface area contributed by atoms with Crippen molar-refractivity contribution in [3.05, 3.63) is 72.1 Å². The maximum absolute atomic E-state index is 13.0. The zero-order valence-electron chi connectivity index (χ0n) is 15.7. The van der Waals surface area contributed by atoms with Crippen LogP contribution in [-0.4, -0.2) is 28.0 Å². The van der Waals surface area contributed by atoms with Gasteiger partial charge in [-0.3, -0.25) is 10.1 Å². The molecule has 0 radical (unpaired) electrons. The lowest BCUT2D eigenvalue weighted by Crippen LogP contribution is -2.32. The van der Waals surface area contributed by atoms with E-state index in [0.29, 0.717) is 17.3 Å². The number of hydrogen-bond acceptors (Lipinski definition) is 6. The second kappa shape index (κ2) is 10.7. The van der Waals surface area contributed by atoms with Crippen molar-refractivity contribution >= 4 is 40.2 Å². The molecule has 29 heavy (non-hydrogen) atoms. The number of anilines is 1. The summed E-state index contributed by atoms with van der Waals surface area (Å²) in [6, 6.07) is 15.6. The van der Waals surface area contributed by atoms with Crippen LogP contribution in [0, 0.1) is 5.82 Å². The van der Waals surface area contributed by atoms with Gasteiger partial charge < -0.3 is 4.74 Å². The van der Waals surface area contributed by atoms with E-state index in [1.165, 1.54) is 35.6 Å². The number of ether oxygens (including phenoxy) is 1. The monoisotopic (exact) mass is 429 g/mol. The second-order valence-electron chi connectivity index (χ2n) is 5.96. The molecule has 1 unspecified atom stereocenters. The molecule has 0 saturated heterocycles. The van der Waals surface area contributed by atoms with Crippen molar-refractivity contribution in [2.75, 3.05) is 11.1 Å². The largest absolute Gasteiger partial charge is 0.481 e. The lowest BCUT2D eigenvalue weighted by molar-refractivity contribution is -0.122. The normalized spacial score (nSPS) is 12.1. The number of rotatable bonds is 9. The van der Waals surface area contributed by atoms with Crippen molar-refractivity contribution in [2.24, 2.45) is 0 Å². The molecule has 5 nitrogen and oxygen atoms in total. The van der Waals surface area contributed by atoms with Crippen LogP contribution in [0.4, 0.5) is 9.52 Å². The minimum Gasteiger partial charge on any atom is -0.481 e. The van der Waals surface area contributed by atoms with Crippen LogP contribution in [0.1, 0.15) is 18.9 Å². The van der Waals surface area contributed by atoms with Crippen LogP contribution in [-0.2, 0) is 4.79 Å². The van der Waals surface area contributed by atoms with Gasteiger partial charge in [0.25, 0.3) is 5.91 Å². The molecule has 1 N–H and O–H groups in total. The van der Waals surface area contributed by atoms with Gasteiger partial charge in [0, 0.05) is 5.75 Å². The predicted molar refractivity (Wildman–Crippen MR) is 116 cm³/mol. The molecule has 1 atom stereocenters. The number of benzene rings is 2. The second-order valence-corrected chi connectivity index (χ2v) is 8.20. The SMILES string of the molecule is CCC(Oc1ccc(F)cc1)C(=O)Nc1nnc(SC/C=C/c2ccccc2)s1. The predicted octanol–water partition coefficient (Wildman–Crippen LogP) is 5.28. The van der Waals surface area contributed by atoms with Crippen molar-refractivity contribution in [2.45, 2.75) is 23.8 Å². The molecule has 1 aromatic heterocycles. The van der Waals surface area contributed by atoms with Crippen molar-refractivity contribution in [1.29, 1.82) is 0 Å². The Morgan fingerprint density at radius 3 is 2.69 bits per heavy atom. The van der Waals surface area contributed by atoms with E-state index in [1.807, 2.05) is 37.3 Å². The third kappa shape index (κ3) is 6.69. The third-order valence-corrected chi connectivity index (χ3v) is 5.73. The molecule has 150 valence electrons. The summed E-state index contributed by atoms with van der Waals surface area (Å²) in [6.07, 6.45) is 3.88. The van der Waals surface area contributed by atoms with Crippen molar-refractivity contribution in [3.63, 3.8) is 0 Å². The zero-order valence-corrected chi connectivity index (χ0v) is 17.4. The quantitative estimate of drug-likeness (QED) is 0.370. The molecule has 0 aliphatic rings. The van der Waals surface area contributed by atoms with E-state index in [-0.39, 0.29) is 11.7 Å². The molecular formula is C21H20FN3O2S2. The molecule has 0 aliphatic heterocycles. The van der Waals surface area contributed by atoms with E-state index in [0.717, 1.165) is 15.7 Å². The highest BCUT2D eigenvalue weighted by Crippen LogP contribution is 2.26. The van der Waals surface area contributed by atoms with Crippen molar-refractivity contribution in [1.82, 2.24) is 10.2 Å². The highest BCUT2D eigenvalue weighted by molar-refractivity contribution is 8.01. The van der Waals surface area contributed by atoms with Crippen LogP contribution in [0.2, 0.25) is 0 Å². The molecule has 0 spiro atoms. The molecule has 0 bridgehead atoms. The van der Waals surface area contributed by atoms with Gasteiger partial charge in [0.1, 0.15) is 11.6 Å². The summed E-state index contributed by atoms with van der Waals surface area (Å²) in [5.74, 6) is 0.524. The van der Waals surface area contributed by atoms with Crippen LogP contribution >= 0.6 is 23.1 Å². The van der Waals surface area contributed by atoms with Gasteiger partial charge in [-0.2, -0.15) is 0 Å². The minimum atomic E-state index is -0.700. The smallest absolute Gasteiger partial charge is 0.267 e. The van der Waals surface area contributed by atoms with Gasteiger partial charge >= 0.3 is 0 Å². The van der Waals surface area contributed by atoms with Gasteiger partial charge in [-0.1, -0.05) is 72.5 Å². The van der Waals surface area contributed by atoms with Crippen LogP contribution in [0.25, 0.3) is 6.08 Å². The standard InChI is InChI=1S/C21H20FN3O2S2/c1-2-18(27-17-12-10-16(22)11-13-17)19(26)23-20-24-25-21(29-20)28-14-6-9-15-7-4-3-5-8-15/h3-13,18H,2,14H2,1H3,(H,23,24,26)/b9-6+. The number of hydrogen-bond donors (Lipinski definition) is 1. The number of carbonyl (C=O) groups is 1. The Kier molecular flexibility index (Phi) is 7.77. The average molecular weight is 430 g/mol. The molecule has 2 aromatic carbocycles. The number of carbonyl (C=O) groups excluding carboxylic acids is 1. The molecule has 8 heteroatoms. The van der Waals surface area contributed by atoms with Crippen LogP contribution < -0.4 is 10.1 Å². The first-order valence-corrected chi connectivity index (χ1v) is 10.8. The number of nitrogens with zero attached hydrogens (tertiary/aromatic N) is 2. The average Bonchev–Trinajstić information content (AvgIpc) is 3.18. The number of halogens is 1. The van der Waals surface area contributed by atoms with Crippen molar-refractivity contribution < 1.29 is 13.9 Å². The van der Waals surface area contributed by atoms with Gasteiger partial charge in [-0.15, -0.1) is 10.2 Å². The summed E-state index contributed by atoms with van der Waals surface area (Å²) in [6.45, 7) is 1.84. The van der Waals surface area contributed by atoms with E-state index in [4.69, 9.17) is 4.74 Å². The Morgan fingerprint density at radius 1 is 1.21 bits per heavy atom. The Morgan fingerprint density at radius 2 is 1.97 bits per heavy atom. The molecule has 1 heterocycles. The van der Waals surface area contributed by atoms with Crippen LogP contribution in [0.15, 0.2) is 65.0 Å². The maximum Gasteiger partial charge on any atom is 0.267 e. The molecule has 3 rings (SSSR count). The summed E-state index contributed by atoms with van der Waals surface area (Å²) in [4.78, 5) is 12.5. The van der Waals surface area contributed by atoms with Gasteiger partial charge in [0.05, 0.1) is 0 Å². The molecule has 1 amide bonds. The number of thioether (sulfide) groups is 1. The number of amides is 1. The molecule has 0 fully saturated rings. The summed E-state index contributed by atoms with van der Waals surface area (Å²) in [5, 5.41) is 11.3. The summed E-state index contributed by atoms with van der Waals surface area (Å²) < 4.78 is 19.4. The van der Waals surface area contributed by atoms with Crippen LogP contribution in [0.5, 0.6) is 5.75 Å². The highest BCUT2D eigenvalue weighted by atomic mass is 32.2. The molecule has 0 saturated carbocycles. The van der Waals surface area contributed by atoms with Gasteiger partial charge in [-0.05, 0) is 36.2 Å². The Hall–Kier alpha value is -2.71. The first kappa shape index (κ1) is 21.0. The van der Waals surface area contributed by atoms with Crippen LogP contribution in [0.3, 0.4) is 0 Å². The Balaban J connectivity index is 1.49. The summed E-state index contributed by atoms with van der Waals surface area (Å²) in [5.41, 5.74) is 1.14. The first-order chi connectivity index (χ1) is 14.1. The highest BCUT2D eigenvalue weighted by Gasteiger charge is 2.20. The summed E-state index contributed by atoms with van der Waals surface area (Å²) in [7, 11) is 0. The Bertz CT molecular complexity index is 946. The lowest BCUT2D eigenvalue weighted by atomic mass is 10.2. The van der Waals surface area contributed by atoms with Gasteiger partial charge in [-0.25, -0.2) is 4.39 Å². The minimum absolute atomic E-state index is 0.312. The van der Waals surface area contributed by atoms with E-state index in [1.54, 1.807) is 11.8 Å². The topological polar surface area (TPSA) is 64.1 Å². The van der Waals surface area contributed by atoms with E-state index >= 15 is 0 Å². The number of nitrogens with one attached hydrogen (secondary N) is 1. The van der Waals surface area contributed by atoms with Gasteiger partial charge in [0.15, 0.2) is 10.4 Å². The van der Waals surface area contributed by atoms with E-state index in [9.17, 15) is 9.18 Å². The first-order valence-electron chi connectivity index (χ1n) is 9.05. The third-order valence-electron chi connectivity index (χ3n) is 3.80. The molecule has 0 aliphatic carbocycles.